The number of benzene rings is 2. The van der Waals surface area contributed by atoms with Crippen LogP contribution in [-0.2, 0) is 16.6 Å². The second-order valence-corrected chi connectivity index (χ2v) is 7.31. The number of aryl methyl sites for hydroxylation is 1. The van der Waals surface area contributed by atoms with E-state index in [1.54, 1.807) is 0 Å². The molecule has 2 aliphatic rings. The summed E-state index contributed by atoms with van der Waals surface area (Å²) in [6.45, 7) is 4.59. The van der Waals surface area contributed by atoms with Gasteiger partial charge >= 0.3 is 0 Å². The molecule has 3 heteroatoms. The van der Waals surface area contributed by atoms with Crippen molar-refractivity contribution in [3.05, 3.63) is 53.6 Å². The number of amides is 1. The predicted molar refractivity (Wildman–Crippen MR) is 98.3 cm³/mol. The highest BCUT2D eigenvalue weighted by molar-refractivity contribution is 5.94. The summed E-state index contributed by atoms with van der Waals surface area (Å²) in [5.74, 6) is 0.120. The lowest BCUT2D eigenvalue weighted by Gasteiger charge is -2.34. The fourth-order valence-corrected chi connectivity index (χ4v) is 3.90. The van der Waals surface area contributed by atoms with Gasteiger partial charge in [-0.25, -0.2) is 0 Å². The summed E-state index contributed by atoms with van der Waals surface area (Å²) < 4.78 is 0. The van der Waals surface area contributed by atoms with E-state index in [2.05, 4.69) is 54.0 Å². The molecule has 0 bridgehead atoms. The maximum absolute atomic E-state index is 11.5. The van der Waals surface area contributed by atoms with E-state index in [0.29, 0.717) is 11.8 Å². The third kappa shape index (κ3) is 2.84. The van der Waals surface area contributed by atoms with Gasteiger partial charge in [-0.05, 0) is 72.2 Å². The molecular formula is C21H24N2O. The Morgan fingerprint density at radius 2 is 1.62 bits per heavy atom. The molecule has 2 heterocycles. The minimum Gasteiger partial charge on any atom is -0.326 e. The van der Waals surface area contributed by atoms with E-state index in [1.807, 2.05) is 6.07 Å². The fraction of sp³-hybridized carbons (Fsp3) is 0.381. The molecule has 1 fully saturated rings. The van der Waals surface area contributed by atoms with Gasteiger partial charge in [0.2, 0.25) is 5.91 Å². The van der Waals surface area contributed by atoms with Gasteiger partial charge in [-0.2, -0.15) is 0 Å². The fourth-order valence-electron chi connectivity index (χ4n) is 3.90. The van der Waals surface area contributed by atoms with Crippen LogP contribution in [0, 0.1) is 0 Å². The molecule has 2 aromatic carbocycles. The Bertz CT molecular complexity index is 758. The Balaban J connectivity index is 1.60. The van der Waals surface area contributed by atoms with Crippen molar-refractivity contribution in [2.24, 2.45) is 0 Å². The van der Waals surface area contributed by atoms with Crippen molar-refractivity contribution in [1.82, 2.24) is 5.32 Å². The predicted octanol–water partition coefficient (Wildman–Crippen LogP) is 3.88. The van der Waals surface area contributed by atoms with Crippen molar-refractivity contribution in [1.29, 1.82) is 0 Å². The number of rotatable bonds is 2. The lowest BCUT2D eigenvalue weighted by Crippen LogP contribution is -2.37. The van der Waals surface area contributed by atoms with Crippen LogP contribution in [0.3, 0.4) is 0 Å². The van der Waals surface area contributed by atoms with E-state index in [0.717, 1.165) is 25.2 Å². The van der Waals surface area contributed by atoms with Gasteiger partial charge in [0.15, 0.2) is 0 Å². The maximum atomic E-state index is 11.5. The number of carbonyl (C=O) groups excluding carboxylic acids is 1. The summed E-state index contributed by atoms with van der Waals surface area (Å²) in [7, 11) is 0. The van der Waals surface area contributed by atoms with Gasteiger partial charge in [-0.1, -0.05) is 37.3 Å². The van der Waals surface area contributed by atoms with Gasteiger partial charge in [0.1, 0.15) is 0 Å². The molecule has 0 saturated carbocycles. The van der Waals surface area contributed by atoms with Crippen LogP contribution in [0.4, 0.5) is 5.69 Å². The molecule has 0 atom stereocenters. The van der Waals surface area contributed by atoms with Crippen molar-refractivity contribution in [2.45, 2.75) is 38.0 Å². The highest BCUT2D eigenvalue weighted by Crippen LogP contribution is 2.35. The maximum Gasteiger partial charge on any atom is 0.224 e. The Labute approximate surface area is 143 Å². The molecule has 0 aromatic heterocycles. The minimum atomic E-state index is 0.120. The molecule has 4 rings (SSSR count). The van der Waals surface area contributed by atoms with Gasteiger partial charge in [0.05, 0.1) is 0 Å². The van der Waals surface area contributed by atoms with E-state index in [9.17, 15) is 4.79 Å². The summed E-state index contributed by atoms with van der Waals surface area (Å²) >= 11 is 0. The van der Waals surface area contributed by atoms with Crippen molar-refractivity contribution < 1.29 is 4.79 Å². The number of fused-ring (bicyclic) bond motifs is 1. The van der Waals surface area contributed by atoms with Crippen LogP contribution in [0.25, 0.3) is 11.1 Å². The standard InChI is InChI=1S/C21H24N2O/c1-21(10-12-22-13-11-21)18-6-2-15(3-7-18)16-4-8-19-17(14-16)5-9-20(24)23-19/h2-4,6-8,14,22H,5,9-13H2,1H3,(H,23,24). The molecule has 3 nitrogen and oxygen atoms in total. The summed E-state index contributed by atoms with van der Waals surface area (Å²) in [6, 6.07) is 15.4. The second-order valence-electron chi connectivity index (χ2n) is 7.31. The zero-order chi connectivity index (χ0) is 16.6. The first-order valence-electron chi connectivity index (χ1n) is 8.88. The van der Waals surface area contributed by atoms with E-state index in [4.69, 9.17) is 0 Å². The van der Waals surface area contributed by atoms with Gasteiger partial charge in [0.25, 0.3) is 0 Å². The third-order valence-corrected chi connectivity index (χ3v) is 5.62. The van der Waals surface area contributed by atoms with Crippen molar-refractivity contribution in [3.8, 4) is 11.1 Å². The molecule has 2 aromatic rings. The largest absolute Gasteiger partial charge is 0.326 e. The Hall–Kier alpha value is -2.13. The zero-order valence-electron chi connectivity index (χ0n) is 14.2. The molecule has 1 amide bonds. The summed E-state index contributed by atoms with van der Waals surface area (Å²) in [6.07, 6.45) is 3.82. The van der Waals surface area contributed by atoms with Crippen molar-refractivity contribution >= 4 is 11.6 Å². The van der Waals surface area contributed by atoms with Crippen LogP contribution >= 0.6 is 0 Å². The summed E-state index contributed by atoms with van der Waals surface area (Å²) in [4.78, 5) is 11.5. The molecular weight excluding hydrogens is 296 g/mol. The van der Waals surface area contributed by atoms with Gasteiger partial charge in [0, 0.05) is 12.1 Å². The Morgan fingerprint density at radius 1 is 0.917 bits per heavy atom. The number of anilines is 1. The molecule has 2 N–H and O–H groups in total. The van der Waals surface area contributed by atoms with Crippen LogP contribution in [-0.4, -0.2) is 19.0 Å². The molecule has 2 aliphatic heterocycles. The molecule has 24 heavy (non-hydrogen) atoms. The first-order valence-corrected chi connectivity index (χ1v) is 8.88. The van der Waals surface area contributed by atoms with Crippen LogP contribution < -0.4 is 10.6 Å². The lowest BCUT2D eigenvalue weighted by molar-refractivity contribution is -0.116. The zero-order valence-corrected chi connectivity index (χ0v) is 14.2. The average Bonchev–Trinajstić information content (AvgIpc) is 2.62. The lowest BCUT2D eigenvalue weighted by atomic mass is 9.75. The number of nitrogens with one attached hydrogen (secondary N) is 2. The number of carbonyl (C=O) groups is 1. The summed E-state index contributed by atoms with van der Waals surface area (Å²) in [5, 5.41) is 6.40. The van der Waals surface area contributed by atoms with E-state index in [-0.39, 0.29) is 5.91 Å². The van der Waals surface area contributed by atoms with Crippen LogP contribution in [0.15, 0.2) is 42.5 Å². The Morgan fingerprint density at radius 3 is 2.38 bits per heavy atom. The smallest absolute Gasteiger partial charge is 0.224 e. The van der Waals surface area contributed by atoms with Crippen LogP contribution in [0.5, 0.6) is 0 Å². The summed E-state index contributed by atoms with van der Waals surface area (Å²) in [5.41, 5.74) is 6.42. The normalized spacial score (nSPS) is 19.5. The van der Waals surface area contributed by atoms with Crippen molar-refractivity contribution in [2.75, 3.05) is 18.4 Å². The highest BCUT2D eigenvalue weighted by atomic mass is 16.1. The molecule has 0 unspecified atom stereocenters. The van der Waals surface area contributed by atoms with Gasteiger partial charge in [-0.15, -0.1) is 0 Å². The SMILES string of the molecule is CC1(c2ccc(-c3ccc4c(c3)CCC(=O)N4)cc2)CCNCC1. The van der Waals surface area contributed by atoms with Crippen molar-refractivity contribution in [3.63, 3.8) is 0 Å². The average molecular weight is 320 g/mol. The minimum absolute atomic E-state index is 0.120. The van der Waals surface area contributed by atoms with E-state index in [1.165, 1.54) is 35.1 Å². The topological polar surface area (TPSA) is 41.1 Å². The molecule has 124 valence electrons. The first-order chi connectivity index (χ1) is 11.6. The van der Waals surface area contributed by atoms with Gasteiger partial charge < -0.3 is 10.6 Å². The monoisotopic (exact) mass is 320 g/mol. The highest BCUT2D eigenvalue weighted by Gasteiger charge is 2.28. The third-order valence-electron chi connectivity index (χ3n) is 5.62. The molecule has 1 saturated heterocycles. The van der Waals surface area contributed by atoms with E-state index >= 15 is 0 Å². The second kappa shape index (κ2) is 6.06. The molecule has 0 spiro atoms. The number of piperidine rings is 1. The van der Waals surface area contributed by atoms with E-state index < -0.39 is 0 Å². The van der Waals surface area contributed by atoms with Crippen LogP contribution in [0.1, 0.15) is 37.3 Å². The quantitative estimate of drug-likeness (QED) is 0.881. The number of hydrogen-bond acceptors (Lipinski definition) is 2. The Kier molecular flexibility index (Phi) is 3.89. The molecule has 0 radical (unpaired) electrons. The molecule has 0 aliphatic carbocycles. The van der Waals surface area contributed by atoms with Gasteiger partial charge in [-0.3, -0.25) is 4.79 Å². The first kappa shape index (κ1) is 15.4. The number of hydrogen-bond donors (Lipinski definition) is 2. The van der Waals surface area contributed by atoms with Crippen LogP contribution in [0.2, 0.25) is 0 Å².